The average Bonchev–Trinajstić information content (AvgIpc) is 3.12. The maximum atomic E-state index is 13.0. The normalized spacial score (nSPS) is 18.1. The number of piperazine rings is 1. The minimum atomic E-state index is -3.68. The summed E-state index contributed by atoms with van der Waals surface area (Å²) >= 11 is 0. The van der Waals surface area contributed by atoms with Gasteiger partial charge < -0.3 is 14.2 Å². The highest BCUT2D eigenvalue weighted by Gasteiger charge is 2.34. The molecule has 0 aliphatic carbocycles. The number of carbonyl (C=O) groups excluding carboxylic acids is 1. The van der Waals surface area contributed by atoms with E-state index in [-0.39, 0.29) is 29.7 Å². The highest BCUT2D eigenvalue weighted by Crippen LogP contribution is 2.25. The largest absolute Gasteiger partial charge is 0.497 e. The standard InChI is InChI=1S/C21H28N4O5S/c1-15-21(16(2)30-22-15)31(27,28)25-10-8-24(9-11-25)20(26)14-23-7-6-17-4-5-19(29-3)12-18(17)13-23/h4-5,12H,6-11,13-14H2,1-3H3. The van der Waals surface area contributed by atoms with Gasteiger partial charge in [-0.15, -0.1) is 0 Å². The van der Waals surface area contributed by atoms with Gasteiger partial charge in [-0.25, -0.2) is 8.42 Å². The van der Waals surface area contributed by atoms with Gasteiger partial charge >= 0.3 is 0 Å². The predicted molar refractivity (Wildman–Crippen MR) is 113 cm³/mol. The number of hydrogen-bond acceptors (Lipinski definition) is 7. The molecule has 1 aromatic carbocycles. The van der Waals surface area contributed by atoms with Crippen molar-refractivity contribution in [2.45, 2.75) is 31.7 Å². The fourth-order valence-corrected chi connectivity index (χ4v) is 6.01. The summed E-state index contributed by atoms with van der Waals surface area (Å²) in [5, 5.41) is 3.75. The molecule has 2 aliphatic rings. The van der Waals surface area contributed by atoms with Crippen molar-refractivity contribution in [1.29, 1.82) is 0 Å². The molecule has 4 rings (SSSR count). The van der Waals surface area contributed by atoms with E-state index >= 15 is 0 Å². The minimum absolute atomic E-state index is 0.0285. The molecule has 31 heavy (non-hydrogen) atoms. The lowest BCUT2D eigenvalue weighted by Gasteiger charge is -2.36. The van der Waals surface area contributed by atoms with Crippen LogP contribution in [-0.2, 0) is 27.8 Å². The van der Waals surface area contributed by atoms with E-state index in [1.807, 2.05) is 12.1 Å². The lowest BCUT2D eigenvalue weighted by Crippen LogP contribution is -2.52. The van der Waals surface area contributed by atoms with E-state index in [2.05, 4.69) is 16.1 Å². The maximum absolute atomic E-state index is 13.0. The molecule has 0 atom stereocenters. The third-order valence-corrected chi connectivity index (χ3v) is 8.16. The number of aromatic nitrogens is 1. The third kappa shape index (κ3) is 4.32. The number of amides is 1. The van der Waals surface area contributed by atoms with E-state index in [1.165, 1.54) is 15.4 Å². The van der Waals surface area contributed by atoms with Crippen LogP contribution in [0.2, 0.25) is 0 Å². The summed E-state index contributed by atoms with van der Waals surface area (Å²) in [6.45, 7) is 6.35. The summed E-state index contributed by atoms with van der Waals surface area (Å²) in [4.78, 5) is 16.9. The molecule has 1 fully saturated rings. The van der Waals surface area contributed by atoms with Gasteiger partial charge in [0.25, 0.3) is 0 Å². The molecule has 10 heteroatoms. The Labute approximate surface area is 182 Å². The highest BCUT2D eigenvalue weighted by atomic mass is 32.2. The molecule has 9 nitrogen and oxygen atoms in total. The first-order chi connectivity index (χ1) is 14.8. The smallest absolute Gasteiger partial charge is 0.248 e. The number of benzene rings is 1. The molecule has 1 amide bonds. The van der Waals surface area contributed by atoms with Crippen molar-refractivity contribution >= 4 is 15.9 Å². The van der Waals surface area contributed by atoms with E-state index < -0.39 is 10.0 Å². The van der Waals surface area contributed by atoms with Crippen LogP contribution in [0.5, 0.6) is 5.75 Å². The lowest BCUT2D eigenvalue weighted by molar-refractivity contribution is -0.133. The van der Waals surface area contributed by atoms with Crippen LogP contribution in [0.4, 0.5) is 0 Å². The van der Waals surface area contributed by atoms with Crippen LogP contribution in [-0.4, -0.2) is 80.0 Å². The second-order valence-electron chi connectivity index (χ2n) is 8.03. The van der Waals surface area contributed by atoms with Crippen molar-refractivity contribution in [2.75, 3.05) is 46.4 Å². The average molecular weight is 449 g/mol. The van der Waals surface area contributed by atoms with Crippen molar-refractivity contribution in [3.8, 4) is 5.75 Å². The van der Waals surface area contributed by atoms with Gasteiger partial charge in [0, 0.05) is 39.3 Å². The number of hydrogen-bond donors (Lipinski definition) is 0. The zero-order chi connectivity index (χ0) is 22.2. The molecule has 2 aromatic rings. The highest BCUT2D eigenvalue weighted by molar-refractivity contribution is 7.89. The van der Waals surface area contributed by atoms with E-state index in [4.69, 9.17) is 9.26 Å². The molecule has 1 saturated heterocycles. The van der Waals surface area contributed by atoms with E-state index in [0.717, 1.165) is 18.7 Å². The Hall–Kier alpha value is -2.43. The molecule has 0 saturated carbocycles. The molecular formula is C21H28N4O5S. The van der Waals surface area contributed by atoms with Gasteiger partial charge in [0.15, 0.2) is 5.76 Å². The van der Waals surface area contributed by atoms with Crippen molar-refractivity contribution in [2.24, 2.45) is 0 Å². The molecule has 3 heterocycles. The number of methoxy groups -OCH3 is 1. The van der Waals surface area contributed by atoms with Crippen LogP contribution in [0.25, 0.3) is 0 Å². The second kappa shape index (κ2) is 8.60. The van der Waals surface area contributed by atoms with Crippen molar-refractivity contribution in [1.82, 2.24) is 19.3 Å². The Balaban J connectivity index is 1.35. The van der Waals surface area contributed by atoms with Gasteiger partial charge in [-0.05, 0) is 43.5 Å². The molecule has 0 unspecified atom stereocenters. The van der Waals surface area contributed by atoms with Gasteiger partial charge in [-0.1, -0.05) is 11.2 Å². The summed E-state index contributed by atoms with van der Waals surface area (Å²) in [5.74, 6) is 1.14. The molecule has 168 valence electrons. The van der Waals surface area contributed by atoms with Crippen molar-refractivity contribution < 1.29 is 22.5 Å². The fraction of sp³-hybridized carbons (Fsp3) is 0.524. The van der Waals surface area contributed by atoms with E-state index in [9.17, 15) is 13.2 Å². The molecule has 0 spiro atoms. The summed E-state index contributed by atoms with van der Waals surface area (Å²) in [6.07, 6.45) is 0.899. The summed E-state index contributed by atoms with van der Waals surface area (Å²) in [6, 6.07) is 6.09. The number of nitrogens with zero attached hydrogens (tertiary/aromatic N) is 4. The first-order valence-electron chi connectivity index (χ1n) is 10.4. The molecule has 0 N–H and O–H groups in total. The zero-order valence-corrected chi connectivity index (χ0v) is 18.9. The summed E-state index contributed by atoms with van der Waals surface area (Å²) < 4.78 is 37.7. The summed E-state index contributed by atoms with van der Waals surface area (Å²) in [5.41, 5.74) is 2.84. The number of ether oxygens (including phenoxy) is 1. The number of sulfonamides is 1. The van der Waals surface area contributed by atoms with Crippen molar-refractivity contribution in [3.05, 3.63) is 40.8 Å². The Kier molecular flexibility index (Phi) is 6.05. The quantitative estimate of drug-likeness (QED) is 0.678. The number of rotatable bonds is 5. The molecule has 0 bridgehead atoms. The topological polar surface area (TPSA) is 96.2 Å². The Morgan fingerprint density at radius 2 is 1.87 bits per heavy atom. The van der Waals surface area contributed by atoms with Crippen LogP contribution >= 0.6 is 0 Å². The van der Waals surface area contributed by atoms with Crippen LogP contribution in [0.15, 0.2) is 27.6 Å². The van der Waals surface area contributed by atoms with Gasteiger partial charge in [0.1, 0.15) is 16.3 Å². The van der Waals surface area contributed by atoms with E-state index in [0.29, 0.717) is 31.9 Å². The Morgan fingerprint density at radius 3 is 2.52 bits per heavy atom. The van der Waals surface area contributed by atoms with Crippen molar-refractivity contribution in [3.63, 3.8) is 0 Å². The maximum Gasteiger partial charge on any atom is 0.248 e. The predicted octanol–water partition coefficient (Wildman–Crippen LogP) is 1.19. The van der Waals surface area contributed by atoms with Gasteiger partial charge in [0.05, 0.1) is 13.7 Å². The molecule has 0 radical (unpaired) electrons. The zero-order valence-electron chi connectivity index (χ0n) is 18.1. The molecular weight excluding hydrogens is 420 g/mol. The number of aryl methyl sites for hydroxylation is 2. The second-order valence-corrected chi connectivity index (χ2v) is 9.91. The minimum Gasteiger partial charge on any atom is -0.497 e. The van der Waals surface area contributed by atoms with Gasteiger partial charge in [-0.3, -0.25) is 9.69 Å². The molecule has 1 aromatic heterocycles. The van der Waals surface area contributed by atoms with Crippen LogP contribution < -0.4 is 4.74 Å². The first-order valence-corrected chi connectivity index (χ1v) is 11.8. The number of carbonyl (C=O) groups is 1. The lowest BCUT2D eigenvalue weighted by atomic mass is 9.99. The monoisotopic (exact) mass is 448 g/mol. The summed E-state index contributed by atoms with van der Waals surface area (Å²) in [7, 11) is -2.03. The van der Waals surface area contributed by atoms with Crippen LogP contribution in [0.3, 0.4) is 0 Å². The number of fused-ring (bicyclic) bond motifs is 1. The fourth-order valence-electron chi connectivity index (χ4n) is 4.29. The Morgan fingerprint density at radius 1 is 1.13 bits per heavy atom. The SMILES string of the molecule is COc1ccc2c(c1)CN(CC(=O)N1CCN(S(=O)(=O)c3c(C)noc3C)CC1)CC2. The third-order valence-electron chi connectivity index (χ3n) is 6.02. The van der Waals surface area contributed by atoms with Gasteiger partial charge in [0.2, 0.25) is 15.9 Å². The van der Waals surface area contributed by atoms with E-state index in [1.54, 1.807) is 25.9 Å². The molecule has 2 aliphatic heterocycles. The first kappa shape index (κ1) is 21.8. The van der Waals surface area contributed by atoms with Gasteiger partial charge in [-0.2, -0.15) is 4.31 Å². The Bertz CT molecular complexity index is 1050. The van der Waals surface area contributed by atoms with Crippen LogP contribution in [0, 0.1) is 13.8 Å². The van der Waals surface area contributed by atoms with Crippen LogP contribution in [0.1, 0.15) is 22.6 Å².